The molecule has 0 radical (unpaired) electrons. The van der Waals surface area contributed by atoms with Gasteiger partial charge in [-0.2, -0.15) is 0 Å². The summed E-state index contributed by atoms with van der Waals surface area (Å²) in [6, 6.07) is 6.89. The molecule has 0 amide bonds. The first-order valence-electron chi connectivity index (χ1n) is 3.16. The highest BCUT2D eigenvalue weighted by atomic mass is 79.9. The van der Waals surface area contributed by atoms with Gasteiger partial charge in [-0.1, -0.05) is 22.0 Å². The first-order chi connectivity index (χ1) is 5.72. The molecular formula is C9H5BrO2. The molecule has 1 rings (SSSR count). The van der Waals surface area contributed by atoms with Gasteiger partial charge in [-0.05, 0) is 18.2 Å². The van der Waals surface area contributed by atoms with E-state index in [-0.39, 0.29) is 0 Å². The van der Waals surface area contributed by atoms with Crippen molar-refractivity contribution in [2.45, 2.75) is 0 Å². The Balaban J connectivity index is 2.78. The Kier molecular flexibility index (Phi) is 2.89. The van der Waals surface area contributed by atoms with Crippen LogP contribution in [0.4, 0.5) is 0 Å². The summed E-state index contributed by atoms with van der Waals surface area (Å²) in [5.41, 5.74) is 0. The number of esters is 1. The minimum absolute atomic E-state index is 0.437. The van der Waals surface area contributed by atoms with Crippen LogP contribution < -0.4 is 4.74 Å². The lowest BCUT2D eigenvalue weighted by Crippen LogP contribution is -2.03. The number of hydrogen-bond donors (Lipinski definition) is 0. The number of rotatable bonds is 1. The lowest BCUT2D eigenvalue weighted by Gasteiger charge is -1.98. The van der Waals surface area contributed by atoms with E-state index in [0.29, 0.717) is 5.75 Å². The molecule has 0 fully saturated rings. The van der Waals surface area contributed by atoms with Crippen molar-refractivity contribution >= 4 is 21.9 Å². The molecule has 0 N–H and O–H groups in total. The summed E-state index contributed by atoms with van der Waals surface area (Å²) < 4.78 is 5.58. The Morgan fingerprint density at radius 1 is 1.58 bits per heavy atom. The van der Waals surface area contributed by atoms with Gasteiger partial charge in [-0.3, -0.25) is 0 Å². The first kappa shape index (κ1) is 8.82. The van der Waals surface area contributed by atoms with Crippen molar-refractivity contribution in [3.8, 4) is 18.1 Å². The van der Waals surface area contributed by atoms with Crippen LogP contribution in [-0.2, 0) is 4.79 Å². The van der Waals surface area contributed by atoms with Gasteiger partial charge in [-0.15, -0.1) is 6.42 Å². The average Bonchev–Trinajstić information content (AvgIpc) is 2.04. The highest BCUT2D eigenvalue weighted by Crippen LogP contribution is 2.17. The van der Waals surface area contributed by atoms with E-state index in [4.69, 9.17) is 11.2 Å². The average molecular weight is 225 g/mol. The quantitative estimate of drug-likeness (QED) is 0.316. The van der Waals surface area contributed by atoms with E-state index in [1.807, 2.05) is 12.0 Å². The predicted octanol–water partition coefficient (Wildman–Crippen LogP) is 1.99. The summed E-state index contributed by atoms with van der Waals surface area (Å²) in [7, 11) is 0. The van der Waals surface area contributed by atoms with Gasteiger partial charge >= 0.3 is 5.97 Å². The molecule has 0 spiro atoms. The minimum atomic E-state index is -0.687. The number of halogens is 1. The van der Waals surface area contributed by atoms with Crippen molar-refractivity contribution in [2.75, 3.05) is 0 Å². The fraction of sp³-hybridized carbons (Fsp3) is 0. The maximum absolute atomic E-state index is 10.6. The van der Waals surface area contributed by atoms with Gasteiger partial charge in [0.15, 0.2) is 0 Å². The Hall–Kier alpha value is -1.27. The Morgan fingerprint density at radius 2 is 2.33 bits per heavy atom. The Labute approximate surface area is 78.7 Å². The van der Waals surface area contributed by atoms with Gasteiger partial charge in [0.05, 0.1) is 0 Å². The lowest BCUT2D eigenvalue weighted by atomic mass is 10.3. The highest BCUT2D eigenvalue weighted by Gasteiger charge is 1.99. The predicted molar refractivity (Wildman–Crippen MR) is 48.6 cm³/mol. The van der Waals surface area contributed by atoms with Crippen molar-refractivity contribution in [1.29, 1.82) is 0 Å². The van der Waals surface area contributed by atoms with E-state index in [9.17, 15) is 4.79 Å². The second kappa shape index (κ2) is 3.93. The standard InChI is InChI=1S/C9H5BrO2/c1-2-9(11)12-8-5-3-4-7(10)6-8/h1,3-6H. The molecule has 0 unspecified atom stereocenters. The maximum atomic E-state index is 10.6. The number of terminal acetylenes is 1. The summed E-state index contributed by atoms with van der Waals surface area (Å²) in [6.45, 7) is 0. The number of ether oxygens (including phenoxy) is 1. The molecule has 0 atom stereocenters. The van der Waals surface area contributed by atoms with Crippen LogP contribution >= 0.6 is 15.9 Å². The molecule has 0 aliphatic heterocycles. The largest absolute Gasteiger partial charge is 0.417 e. The van der Waals surface area contributed by atoms with Crippen LogP contribution in [0.25, 0.3) is 0 Å². The van der Waals surface area contributed by atoms with Gasteiger partial charge in [0.1, 0.15) is 5.75 Å². The van der Waals surface area contributed by atoms with E-state index >= 15 is 0 Å². The van der Waals surface area contributed by atoms with Crippen LogP contribution in [0.1, 0.15) is 0 Å². The normalized spacial score (nSPS) is 8.67. The Morgan fingerprint density at radius 3 is 2.92 bits per heavy atom. The SMILES string of the molecule is C#CC(=O)Oc1cccc(Br)c1. The van der Waals surface area contributed by atoms with Crippen LogP contribution in [0.2, 0.25) is 0 Å². The molecule has 0 saturated heterocycles. The van der Waals surface area contributed by atoms with Crippen LogP contribution in [0.15, 0.2) is 28.7 Å². The van der Waals surface area contributed by atoms with Crippen molar-refractivity contribution < 1.29 is 9.53 Å². The minimum Gasteiger partial charge on any atom is -0.417 e. The zero-order valence-corrected chi connectivity index (χ0v) is 7.67. The molecule has 1 aromatic rings. The Bertz CT molecular complexity index is 339. The number of carbonyl (C=O) groups excluding carboxylic acids is 1. The van der Waals surface area contributed by atoms with E-state index in [1.54, 1.807) is 18.2 Å². The summed E-state index contributed by atoms with van der Waals surface area (Å²) in [6.07, 6.45) is 4.82. The smallest absolute Gasteiger partial charge is 0.389 e. The summed E-state index contributed by atoms with van der Waals surface area (Å²) >= 11 is 3.23. The van der Waals surface area contributed by atoms with Crippen molar-refractivity contribution in [3.63, 3.8) is 0 Å². The third-order valence-electron chi connectivity index (χ3n) is 1.12. The van der Waals surface area contributed by atoms with Gasteiger partial charge < -0.3 is 4.74 Å². The number of hydrogen-bond acceptors (Lipinski definition) is 2. The van der Waals surface area contributed by atoms with Gasteiger partial charge in [0, 0.05) is 10.4 Å². The number of benzene rings is 1. The third-order valence-corrected chi connectivity index (χ3v) is 1.62. The molecule has 1 aromatic carbocycles. The zero-order valence-electron chi connectivity index (χ0n) is 6.08. The monoisotopic (exact) mass is 224 g/mol. The van der Waals surface area contributed by atoms with E-state index in [0.717, 1.165) is 4.47 Å². The second-order valence-corrected chi connectivity index (χ2v) is 2.91. The van der Waals surface area contributed by atoms with Gasteiger partial charge in [0.25, 0.3) is 0 Å². The molecule has 2 nitrogen and oxygen atoms in total. The molecule has 0 aliphatic rings. The van der Waals surface area contributed by atoms with E-state index < -0.39 is 5.97 Å². The maximum Gasteiger partial charge on any atom is 0.389 e. The molecule has 0 saturated carbocycles. The van der Waals surface area contributed by atoms with Crippen LogP contribution in [0, 0.1) is 12.3 Å². The van der Waals surface area contributed by atoms with Crippen molar-refractivity contribution in [1.82, 2.24) is 0 Å². The molecular weight excluding hydrogens is 220 g/mol. The topological polar surface area (TPSA) is 26.3 Å². The van der Waals surface area contributed by atoms with Gasteiger partial charge in [-0.25, -0.2) is 4.79 Å². The third kappa shape index (κ3) is 2.40. The molecule has 60 valence electrons. The molecule has 0 aromatic heterocycles. The summed E-state index contributed by atoms with van der Waals surface area (Å²) in [5.74, 6) is 1.61. The molecule has 0 aliphatic carbocycles. The molecule has 3 heteroatoms. The van der Waals surface area contributed by atoms with Crippen LogP contribution in [0.3, 0.4) is 0 Å². The summed E-state index contributed by atoms with van der Waals surface area (Å²) in [5, 5.41) is 0. The molecule has 0 bridgehead atoms. The fourth-order valence-electron chi connectivity index (χ4n) is 0.667. The van der Waals surface area contributed by atoms with E-state index in [2.05, 4.69) is 15.9 Å². The second-order valence-electron chi connectivity index (χ2n) is 1.99. The first-order valence-corrected chi connectivity index (χ1v) is 3.95. The molecule has 12 heavy (non-hydrogen) atoms. The lowest BCUT2D eigenvalue weighted by molar-refractivity contribution is -0.128. The molecule has 0 heterocycles. The number of carbonyl (C=O) groups is 1. The van der Waals surface area contributed by atoms with Crippen molar-refractivity contribution in [3.05, 3.63) is 28.7 Å². The zero-order chi connectivity index (χ0) is 8.97. The van der Waals surface area contributed by atoms with Crippen molar-refractivity contribution in [2.24, 2.45) is 0 Å². The highest BCUT2D eigenvalue weighted by molar-refractivity contribution is 9.10. The van der Waals surface area contributed by atoms with Crippen LogP contribution in [-0.4, -0.2) is 5.97 Å². The van der Waals surface area contributed by atoms with Crippen LogP contribution in [0.5, 0.6) is 5.75 Å². The summed E-state index contributed by atoms with van der Waals surface area (Å²) in [4.78, 5) is 10.6. The van der Waals surface area contributed by atoms with Gasteiger partial charge in [0.2, 0.25) is 0 Å². The van der Waals surface area contributed by atoms with E-state index in [1.165, 1.54) is 0 Å². The fourth-order valence-corrected chi connectivity index (χ4v) is 1.05.